The van der Waals surface area contributed by atoms with Crippen LogP contribution in [0.4, 0.5) is 0 Å². The van der Waals surface area contributed by atoms with Gasteiger partial charge in [-0.1, -0.05) is 12.1 Å². The lowest BCUT2D eigenvalue weighted by Crippen LogP contribution is -2.17. The topological polar surface area (TPSA) is 60.6 Å². The summed E-state index contributed by atoms with van der Waals surface area (Å²) < 4.78 is 3.65. The molecule has 6 heteroatoms. The summed E-state index contributed by atoms with van der Waals surface area (Å²) in [6.45, 7) is 6.82. The first-order valence-electron chi connectivity index (χ1n) is 5.99. The second-order valence-electron chi connectivity index (χ2n) is 3.84. The summed E-state index contributed by atoms with van der Waals surface area (Å²) in [6.07, 6.45) is 4.83. The fourth-order valence-corrected chi connectivity index (χ4v) is 1.60. The lowest BCUT2D eigenvalue weighted by molar-refractivity contribution is 0.616. The molecule has 92 valence electrons. The van der Waals surface area contributed by atoms with Crippen molar-refractivity contribution in [2.24, 2.45) is 0 Å². The van der Waals surface area contributed by atoms with Crippen LogP contribution in [0.25, 0.3) is 5.82 Å². The standard InChI is InChI=1S/C11H18N6/c1-3-6-12-8-10-9-13-15-17(10)11-5-7-16(4-2)14-11/h5,7,9,12H,3-4,6,8H2,1-2H3. The molecule has 6 nitrogen and oxygen atoms in total. The van der Waals surface area contributed by atoms with Crippen LogP contribution in [0.2, 0.25) is 0 Å². The van der Waals surface area contributed by atoms with Crippen LogP contribution in [0.3, 0.4) is 0 Å². The predicted octanol–water partition coefficient (Wildman–Crippen LogP) is 0.983. The summed E-state index contributed by atoms with van der Waals surface area (Å²) in [6, 6.07) is 1.95. The first kappa shape index (κ1) is 11.8. The van der Waals surface area contributed by atoms with Gasteiger partial charge in [0.15, 0.2) is 5.82 Å². The Kier molecular flexibility index (Phi) is 3.87. The Morgan fingerprint density at radius 1 is 1.35 bits per heavy atom. The molecule has 0 fully saturated rings. The van der Waals surface area contributed by atoms with Gasteiger partial charge in [-0.2, -0.15) is 9.78 Å². The molecule has 1 N–H and O–H groups in total. The lowest BCUT2D eigenvalue weighted by atomic mass is 10.4. The van der Waals surface area contributed by atoms with Gasteiger partial charge >= 0.3 is 0 Å². The highest BCUT2D eigenvalue weighted by Crippen LogP contribution is 2.06. The normalized spacial score (nSPS) is 10.9. The summed E-state index contributed by atoms with van der Waals surface area (Å²) in [5.41, 5.74) is 1.03. The van der Waals surface area contributed by atoms with Crippen LogP contribution >= 0.6 is 0 Å². The zero-order valence-electron chi connectivity index (χ0n) is 10.3. The van der Waals surface area contributed by atoms with E-state index in [0.29, 0.717) is 0 Å². The van der Waals surface area contributed by atoms with E-state index >= 15 is 0 Å². The monoisotopic (exact) mass is 234 g/mol. The van der Waals surface area contributed by atoms with Gasteiger partial charge in [0.2, 0.25) is 0 Å². The Balaban J connectivity index is 2.12. The van der Waals surface area contributed by atoms with E-state index < -0.39 is 0 Å². The molecule has 0 saturated carbocycles. The van der Waals surface area contributed by atoms with Gasteiger partial charge in [-0.3, -0.25) is 4.68 Å². The molecule has 0 radical (unpaired) electrons. The minimum atomic E-state index is 0.764. The fraction of sp³-hybridized carbons (Fsp3) is 0.545. The second kappa shape index (κ2) is 5.58. The summed E-state index contributed by atoms with van der Waals surface area (Å²) in [4.78, 5) is 0. The van der Waals surface area contributed by atoms with Crippen LogP contribution in [0.15, 0.2) is 18.5 Å². The highest BCUT2D eigenvalue weighted by atomic mass is 15.5. The smallest absolute Gasteiger partial charge is 0.177 e. The number of aryl methyl sites for hydroxylation is 1. The molecule has 0 aliphatic rings. The third kappa shape index (κ3) is 2.71. The molecule has 0 aromatic carbocycles. The molecule has 2 aromatic rings. The molecule has 0 atom stereocenters. The average Bonchev–Trinajstić information content (AvgIpc) is 2.96. The third-order valence-electron chi connectivity index (χ3n) is 2.52. The van der Waals surface area contributed by atoms with Gasteiger partial charge in [0, 0.05) is 25.4 Å². The van der Waals surface area contributed by atoms with E-state index in [1.165, 1.54) is 0 Å². The Bertz CT molecular complexity index is 458. The maximum Gasteiger partial charge on any atom is 0.177 e. The molecule has 2 aromatic heterocycles. The summed E-state index contributed by atoms with van der Waals surface area (Å²) in [5, 5.41) is 15.7. The Hall–Kier alpha value is -1.69. The molecule has 2 heterocycles. The van der Waals surface area contributed by atoms with Crippen LogP contribution in [0.1, 0.15) is 26.0 Å². The molecule has 0 bridgehead atoms. The largest absolute Gasteiger partial charge is 0.311 e. The molecule has 0 amide bonds. The van der Waals surface area contributed by atoms with Gasteiger partial charge in [0.25, 0.3) is 0 Å². The third-order valence-corrected chi connectivity index (χ3v) is 2.52. The lowest BCUT2D eigenvalue weighted by Gasteiger charge is -2.04. The van der Waals surface area contributed by atoms with Gasteiger partial charge in [-0.25, -0.2) is 0 Å². The summed E-state index contributed by atoms with van der Waals surface area (Å²) in [7, 11) is 0. The fourth-order valence-electron chi connectivity index (χ4n) is 1.60. The van der Waals surface area contributed by atoms with E-state index in [-0.39, 0.29) is 0 Å². The molecule has 0 spiro atoms. The minimum Gasteiger partial charge on any atom is -0.311 e. The van der Waals surface area contributed by atoms with Crippen LogP contribution in [-0.2, 0) is 13.1 Å². The first-order chi connectivity index (χ1) is 8.35. The van der Waals surface area contributed by atoms with Gasteiger partial charge in [-0.15, -0.1) is 5.10 Å². The number of nitrogens with one attached hydrogen (secondary N) is 1. The van der Waals surface area contributed by atoms with E-state index in [2.05, 4.69) is 34.6 Å². The molecule has 17 heavy (non-hydrogen) atoms. The zero-order chi connectivity index (χ0) is 12.1. The predicted molar refractivity (Wildman–Crippen MR) is 64.8 cm³/mol. The molecular weight excluding hydrogens is 216 g/mol. The van der Waals surface area contributed by atoms with Crippen molar-refractivity contribution in [3.8, 4) is 5.82 Å². The van der Waals surface area contributed by atoms with E-state index in [4.69, 9.17) is 0 Å². The van der Waals surface area contributed by atoms with E-state index in [9.17, 15) is 0 Å². The van der Waals surface area contributed by atoms with Gasteiger partial charge in [-0.05, 0) is 19.9 Å². The summed E-state index contributed by atoms with van der Waals surface area (Å²) >= 11 is 0. The Morgan fingerprint density at radius 2 is 2.24 bits per heavy atom. The number of nitrogens with zero attached hydrogens (tertiary/aromatic N) is 5. The zero-order valence-corrected chi connectivity index (χ0v) is 10.3. The number of hydrogen-bond donors (Lipinski definition) is 1. The van der Waals surface area contributed by atoms with Crippen molar-refractivity contribution in [1.82, 2.24) is 30.1 Å². The molecule has 0 unspecified atom stereocenters. The highest BCUT2D eigenvalue weighted by Gasteiger charge is 2.08. The van der Waals surface area contributed by atoms with E-state index in [0.717, 1.165) is 37.6 Å². The van der Waals surface area contributed by atoms with Crippen LogP contribution in [0, 0.1) is 0 Å². The minimum absolute atomic E-state index is 0.764. The maximum atomic E-state index is 4.41. The number of hydrogen-bond acceptors (Lipinski definition) is 4. The van der Waals surface area contributed by atoms with Gasteiger partial charge < -0.3 is 5.32 Å². The number of aromatic nitrogens is 5. The molecule has 0 saturated heterocycles. The highest BCUT2D eigenvalue weighted by molar-refractivity contribution is 5.20. The van der Waals surface area contributed by atoms with Crippen LogP contribution in [-0.4, -0.2) is 31.3 Å². The van der Waals surface area contributed by atoms with Gasteiger partial charge in [0.1, 0.15) is 0 Å². The molecular formula is C11H18N6. The molecule has 2 rings (SSSR count). The van der Waals surface area contributed by atoms with Crippen molar-refractivity contribution in [3.05, 3.63) is 24.2 Å². The SMILES string of the molecule is CCCNCc1cnnn1-c1ccn(CC)n1. The Morgan fingerprint density at radius 3 is 2.94 bits per heavy atom. The van der Waals surface area contributed by atoms with Gasteiger partial charge in [0.05, 0.1) is 11.9 Å². The van der Waals surface area contributed by atoms with Crippen molar-refractivity contribution < 1.29 is 0 Å². The summed E-state index contributed by atoms with van der Waals surface area (Å²) in [5.74, 6) is 0.817. The second-order valence-corrected chi connectivity index (χ2v) is 3.84. The van der Waals surface area contributed by atoms with E-state index in [1.807, 2.05) is 16.9 Å². The van der Waals surface area contributed by atoms with Crippen molar-refractivity contribution in [2.45, 2.75) is 33.4 Å². The Labute approximate surface area is 101 Å². The first-order valence-corrected chi connectivity index (χ1v) is 5.99. The van der Waals surface area contributed by atoms with Crippen molar-refractivity contribution in [1.29, 1.82) is 0 Å². The quantitative estimate of drug-likeness (QED) is 0.757. The van der Waals surface area contributed by atoms with Crippen LogP contribution in [0.5, 0.6) is 0 Å². The maximum absolute atomic E-state index is 4.41. The van der Waals surface area contributed by atoms with E-state index in [1.54, 1.807) is 10.9 Å². The van der Waals surface area contributed by atoms with Crippen molar-refractivity contribution in [2.75, 3.05) is 6.54 Å². The van der Waals surface area contributed by atoms with Crippen molar-refractivity contribution in [3.63, 3.8) is 0 Å². The van der Waals surface area contributed by atoms with Crippen LogP contribution < -0.4 is 5.32 Å². The molecule has 0 aliphatic carbocycles. The molecule has 0 aliphatic heterocycles. The number of rotatable bonds is 6. The average molecular weight is 234 g/mol. The van der Waals surface area contributed by atoms with Crippen molar-refractivity contribution >= 4 is 0 Å².